The molecular formula is C15H22N2O2. The number of carbonyl (C=O) groups excluding carboxylic acids is 1. The molecule has 4 nitrogen and oxygen atoms in total. The molecule has 1 fully saturated rings. The van der Waals surface area contributed by atoms with Crippen LogP contribution in [0.5, 0.6) is 0 Å². The van der Waals surface area contributed by atoms with Crippen LogP contribution in [0.3, 0.4) is 0 Å². The van der Waals surface area contributed by atoms with Crippen LogP contribution < -0.4 is 10.6 Å². The van der Waals surface area contributed by atoms with Gasteiger partial charge in [-0.3, -0.25) is 0 Å². The predicted octanol–water partition coefficient (Wildman–Crippen LogP) is 2.14. The highest BCUT2D eigenvalue weighted by Gasteiger charge is 2.36. The zero-order valence-electron chi connectivity index (χ0n) is 11.2. The van der Waals surface area contributed by atoms with Gasteiger partial charge in [0.25, 0.3) is 0 Å². The monoisotopic (exact) mass is 262 g/mol. The Labute approximate surface area is 114 Å². The zero-order valence-corrected chi connectivity index (χ0v) is 11.2. The molecule has 0 unspecified atom stereocenters. The lowest BCUT2D eigenvalue weighted by Gasteiger charge is -2.31. The highest BCUT2D eigenvalue weighted by molar-refractivity contribution is 5.75. The van der Waals surface area contributed by atoms with Crippen LogP contribution in [0, 0.1) is 0 Å². The van der Waals surface area contributed by atoms with E-state index in [0.29, 0.717) is 13.0 Å². The molecule has 0 aliphatic heterocycles. The first-order valence-electron chi connectivity index (χ1n) is 6.99. The molecule has 4 heteroatoms. The molecule has 0 heterocycles. The van der Waals surface area contributed by atoms with E-state index in [1.165, 1.54) is 5.56 Å². The Morgan fingerprint density at radius 1 is 1.21 bits per heavy atom. The van der Waals surface area contributed by atoms with Gasteiger partial charge in [0.05, 0.1) is 5.54 Å². The number of aliphatic hydroxyl groups excluding tert-OH is 1. The lowest BCUT2D eigenvalue weighted by atomic mass is 9.88. The van der Waals surface area contributed by atoms with Gasteiger partial charge in [0.1, 0.15) is 0 Å². The van der Waals surface area contributed by atoms with E-state index in [2.05, 4.69) is 22.8 Å². The maximum absolute atomic E-state index is 11.9. The molecule has 1 saturated carbocycles. The summed E-state index contributed by atoms with van der Waals surface area (Å²) in [6, 6.07) is 10.0. The van der Waals surface area contributed by atoms with E-state index >= 15 is 0 Å². The Bertz CT molecular complexity index is 400. The third-order valence-electron chi connectivity index (χ3n) is 3.76. The molecule has 0 bridgehead atoms. The van der Waals surface area contributed by atoms with Crippen molar-refractivity contribution in [3.05, 3.63) is 35.9 Å². The van der Waals surface area contributed by atoms with Crippen molar-refractivity contribution in [2.24, 2.45) is 0 Å². The van der Waals surface area contributed by atoms with Gasteiger partial charge in [0, 0.05) is 13.2 Å². The van der Waals surface area contributed by atoms with Crippen molar-refractivity contribution in [3.63, 3.8) is 0 Å². The number of amides is 2. The summed E-state index contributed by atoms with van der Waals surface area (Å²) in [5.74, 6) is 0. The minimum atomic E-state index is -0.218. The second-order valence-corrected chi connectivity index (χ2v) is 5.11. The van der Waals surface area contributed by atoms with E-state index in [-0.39, 0.29) is 18.2 Å². The quantitative estimate of drug-likeness (QED) is 0.712. The van der Waals surface area contributed by atoms with Crippen molar-refractivity contribution in [1.82, 2.24) is 10.6 Å². The summed E-state index contributed by atoms with van der Waals surface area (Å²) in [5.41, 5.74) is 0.967. The van der Waals surface area contributed by atoms with E-state index in [9.17, 15) is 4.79 Å². The third kappa shape index (κ3) is 3.47. The van der Waals surface area contributed by atoms with Gasteiger partial charge < -0.3 is 15.7 Å². The van der Waals surface area contributed by atoms with Crippen LogP contribution in [-0.4, -0.2) is 24.3 Å². The summed E-state index contributed by atoms with van der Waals surface area (Å²) in [5, 5.41) is 14.7. The van der Waals surface area contributed by atoms with Crippen LogP contribution in [0.25, 0.3) is 0 Å². The SMILES string of the molecule is O=C(NCCCO)NC1(c2ccccc2)CCCC1. The number of rotatable bonds is 5. The summed E-state index contributed by atoms with van der Waals surface area (Å²) < 4.78 is 0. The van der Waals surface area contributed by atoms with E-state index in [4.69, 9.17) is 5.11 Å². The first-order chi connectivity index (χ1) is 9.27. The minimum Gasteiger partial charge on any atom is -0.396 e. The fourth-order valence-electron chi connectivity index (χ4n) is 2.76. The van der Waals surface area contributed by atoms with Crippen LogP contribution in [0.1, 0.15) is 37.7 Å². The molecule has 3 N–H and O–H groups in total. The van der Waals surface area contributed by atoms with Gasteiger partial charge in [-0.05, 0) is 24.8 Å². The van der Waals surface area contributed by atoms with Crippen LogP contribution >= 0.6 is 0 Å². The van der Waals surface area contributed by atoms with Crippen LogP contribution in [0.2, 0.25) is 0 Å². The van der Waals surface area contributed by atoms with E-state index in [1.807, 2.05) is 18.2 Å². The number of urea groups is 1. The molecule has 0 aromatic heterocycles. The van der Waals surface area contributed by atoms with Gasteiger partial charge in [0.2, 0.25) is 0 Å². The van der Waals surface area contributed by atoms with Crippen molar-refractivity contribution >= 4 is 6.03 Å². The Balaban J connectivity index is 2.02. The predicted molar refractivity (Wildman–Crippen MR) is 74.8 cm³/mol. The standard InChI is InChI=1S/C15H22N2O2/c18-12-6-11-16-14(19)17-15(9-4-5-10-15)13-7-2-1-3-8-13/h1-3,7-8,18H,4-6,9-12H2,(H2,16,17,19). The number of nitrogens with one attached hydrogen (secondary N) is 2. The molecule has 1 aromatic rings. The summed E-state index contributed by atoms with van der Waals surface area (Å²) in [6.07, 6.45) is 4.86. The van der Waals surface area contributed by atoms with Gasteiger partial charge in [-0.1, -0.05) is 43.2 Å². The largest absolute Gasteiger partial charge is 0.396 e. The van der Waals surface area contributed by atoms with Gasteiger partial charge in [-0.15, -0.1) is 0 Å². The summed E-state index contributed by atoms with van der Waals surface area (Å²) >= 11 is 0. The second-order valence-electron chi connectivity index (χ2n) is 5.11. The lowest BCUT2D eigenvalue weighted by molar-refractivity contribution is 0.222. The molecular weight excluding hydrogens is 240 g/mol. The van der Waals surface area contributed by atoms with Crippen molar-refractivity contribution in [2.75, 3.05) is 13.2 Å². The molecule has 1 aliphatic rings. The maximum atomic E-state index is 11.9. The Morgan fingerprint density at radius 2 is 1.89 bits per heavy atom. The maximum Gasteiger partial charge on any atom is 0.315 e. The molecule has 1 aliphatic carbocycles. The van der Waals surface area contributed by atoms with Gasteiger partial charge in [-0.25, -0.2) is 4.79 Å². The van der Waals surface area contributed by atoms with E-state index in [1.54, 1.807) is 0 Å². The molecule has 19 heavy (non-hydrogen) atoms. The Kier molecular flexibility index (Phi) is 4.80. The first-order valence-corrected chi connectivity index (χ1v) is 6.99. The highest BCUT2D eigenvalue weighted by Crippen LogP contribution is 2.38. The minimum absolute atomic E-state index is 0.101. The highest BCUT2D eigenvalue weighted by atomic mass is 16.3. The lowest BCUT2D eigenvalue weighted by Crippen LogP contribution is -2.48. The fraction of sp³-hybridized carbons (Fsp3) is 0.533. The molecule has 1 aromatic carbocycles. The average Bonchev–Trinajstić information content (AvgIpc) is 2.90. The molecule has 0 spiro atoms. The Morgan fingerprint density at radius 3 is 2.53 bits per heavy atom. The smallest absolute Gasteiger partial charge is 0.315 e. The molecule has 0 saturated heterocycles. The molecule has 2 amide bonds. The number of hydrogen-bond acceptors (Lipinski definition) is 2. The summed E-state index contributed by atoms with van der Waals surface area (Å²) in [4.78, 5) is 11.9. The number of hydrogen-bond donors (Lipinski definition) is 3. The molecule has 2 rings (SSSR count). The van der Waals surface area contributed by atoms with Crippen molar-refractivity contribution in [3.8, 4) is 0 Å². The normalized spacial score (nSPS) is 17.1. The average molecular weight is 262 g/mol. The third-order valence-corrected chi connectivity index (χ3v) is 3.76. The first kappa shape index (κ1) is 13.9. The molecule has 0 radical (unpaired) electrons. The van der Waals surface area contributed by atoms with Gasteiger partial charge in [-0.2, -0.15) is 0 Å². The zero-order chi connectivity index (χ0) is 13.6. The number of aliphatic hydroxyl groups is 1. The number of carbonyl (C=O) groups is 1. The molecule has 0 atom stereocenters. The van der Waals surface area contributed by atoms with Crippen molar-refractivity contribution in [1.29, 1.82) is 0 Å². The fourth-order valence-corrected chi connectivity index (χ4v) is 2.76. The second kappa shape index (κ2) is 6.57. The molecule has 104 valence electrons. The topological polar surface area (TPSA) is 61.4 Å². The van der Waals surface area contributed by atoms with E-state index in [0.717, 1.165) is 25.7 Å². The summed E-state index contributed by atoms with van der Waals surface area (Å²) in [6.45, 7) is 0.608. The van der Waals surface area contributed by atoms with Crippen LogP contribution in [0.4, 0.5) is 4.79 Å². The van der Waals surface area contributed by atoms with Crippen LogP contribution in [-0.2, 0) is 5.54 Å². The summed E-state index contributed by atoms with van der Waals surface area (Å²) in [7, 11) is 0. The number of benzene rings is 1. The van der Waals surface area contributed by atoms with Gasteiger partial charge >= 0.3 is 6.03 Å². The van der Waals surface area contributed by atoms with E-state index < -0.39 is 0 Å². The van der Waals surface area contributed by atoms with Crippen LogP contribution in [0.15, 0.2) is 30.3 Å². The van der Waals surface area contributed by atoms with Gasteiger partial charge in [0.15, 0.2) is 0 Å². The van der Waals surface area contributed by atoms with Crippen molar-refractivity contribution in [2.45, 2.75) is 37.6 Å². The Hall–Kier alpha value is -1.55. The van der Waals surface area contributed by atoms with Crippen molar-refractivity contribution < 1.29 is 9.90 Å².